The summed E-state index contributed by atoms with van der Waals surface area (Å²) in [6, 6.07) is 10.6. The Kier molecular flexibility index (Phi) is 6.33. The van der Waals surface area contributed by atoms with Crippen molar-refractivity contribution in [1.29, 1.82) is 0 Å². The smallest absolute Gasteiger partial charge is 0.253 e. The third kappa shape index (κ3) is 4.55. The highest BCUT2D eigenvalue weighted by atomic mass is 19.2. The molecule has 6 nitrogen and oxygen atoms in total. The number of hydrogen-bond acceptors (Lipinski definition) is 3. The van der Waals surface area contributed by atoms with Crippen molar-refractivity contribution in [3.8, 4) is 11.4 Å². The summed E-state index contributed by atoms with van der Waals surface area (Å²) in [6.45, 7) is 3.11. The fourth-order valence-electron chi connectivity index (χ4n) is 3.21. The molecular formula is C22H20F3N3O3. The molecular weight excluding hydrogens is 411 g/mol. The number of anilines is 1. The van der Waals surface area contributed by atoms with Crippen molar-refractivity contribution < 1.29 is 27.5 Å². The average Bonchev–Trinajstić information content (AvgIpc) is 3.06. The van der Waals surface area contributed by atoms with Gasteiger partial charge in [-0.2, -0.15) is 0 Å². The minimum absolute atomic E-state index is 0.354. The Morgan fingerprint density at radius 3 is 2.48 bits per heavy atom. The molecule has 0 fully saturated rings. The lowest BCUT2D eigenvalue weighted by Crippen LogP contribution is -2.33. The van der Waals surface area contributed by atoms with Crippen LogP contribution in [0.15, 0.2) is 42.5 Å². The standard InChI is InChI=1S/C22H20F3N3O3/c1-12-9-16(13(2)28(12)14-5-4-6-15(10-14)31-3)22(30)26-11-19(29)27-18-8-7-17(23)20(24)21(18)25/h4-10H,11H2,1-3H3,(H,26,30)(H,27,29). The molecule has 2 aromatic carbocycles. The second-order valence-electron chi connectivity index (χ2n) is 6.78. The zero-order valence-electron chi connectivity index (χ0n) is 17.1. The van der Waals surface area contributed by atoms with Gasteiger partial charge in [0.05, 0.1) is 24.9 Å². The third-order valence-corrected chi connectivity index (χ3v) is 4.71. The Labute approximate surface area is 176 Å². The quantitative estimate of drug-likeness (QED) is 0.582. The molecule has 3 rings (SSSR count). The number of benzene rings is 2. The molecule has 3 aromatic rings. The van der Waals surface area contributed by atoms with E-state index in [0.717, 1.165) is 17.4 Å². The second-order valence-corrected chi connectivity index (χ2v) is 6.78. The number of carbonyl (C=O) groups excluding carboxylic acids is 2. The number of ether oxygens (including phenoxy) is 1. The zero-order chi connectivity index (χ0) is 22.7. The number of amides is 2. The molecule has 0 aliphatic heterocycles. The molecule has 0 saturated carbocycles. The van der Waals surface area contributed by atoms with Gasteiger partial charge in [-0.15, -0.1) is 0 Å². The van der Waals surface area contributed by atoms with Crippen LogP contribution < -0.4 is 15.4 Å². The maximum absolute atomic E-state index is 13.7. The Balaban J connectivity index is 1.71. The molecule has 9 heteroatoms. The van der Waals surface area contributed by atoms with Crippen LogP contribution in [0.1, 0.15) is 21.7 Å². The Hall–Kier alpha value is -3.75. The van der Waals surface area contributed by atoms with E-state index in [1.54, 1.807) is 26.2 Å². The van der Waals surface area contributed by atoms with Crippen molar-refractivity contribution in [2.24, 2.45) is 0 Å². The minimum atomic E-state index is -1.69. The lowest BCUT2D eigenvalue weighted by Gasteiger charge is -2.11. The van der Waals surface area contributed by atoms with Crippen molar-refractivity contribution in [3.05, 3.63) is 76.9 Å². The molecule has 0 aliphatic carbocycles. The van der Waals surface area contributed by atoms with E-state index in [9.17, 15) is 22.8 Å². The SMILES string of the molecule is COc1cccc(-n2c(C)cc(C(=O)NCC(=O)Nc3ccc(F)c(F)c3F)c2C)c1. The zero-order valence-corrected chi connectivity index (χ0v) is 17.1. The van der Waals surface area contributed by atoms with E-state index in [2.05, 4.69) is 10.6 Å². The largest absolute Gasteiger partial charge is 0.497 e. The van der Waals surface area contributed by atoms with E-state index >= 15 is 0 Å². The summed E-state index contributed by atoms with van der Waals surface area (Å²) >= 11 is 0. The lowest BCUT2D eigenvalue weighted by molar-refractivity contribution is -0.115. The van der Waals surface area contributed by atoms with E-state index in [4.69, 9.17) is 4.74 Å². The minimum Gasteiger partial charge on any atom is -0.497 e. The van der Waals surface area contributed by atoms with Crippen LogP contribution in [0, 0.1) is 31.3 Å². The van der Waals surface area contributed by atoms with Crippen molar-refractivity contribution in [3.63, 3.8) is 0 Å². The molecule has 0 atom stereocenters. The fraction of sp³-hybridized carbons (Fsp3) is 0.182. The molecule has 2 N–H and O–H groups in total. The van der Waals surface area contributed by atoms with Gasteiger partial charge in [-0.1, -0.05) is 6.07 Å². The lowest BCUT2D eigenvalue weighted by atomic mass is 10.2. The topological polar surface area (TPSA) is 72.4 Å². The summed E-state index contributed by atoms with van der Waals surface area (Å²) in [7, 11) is 1.56. The number of carbonyl (C=O) groups is 2. The molecule has 1 heterocycles. The van der Waals surface area contributed by atoms with Gasteiger partial charge in [0.25, 0.3) is 5.91 Å². The van der Waals surface area contributed by atoms with Crippen molar-refractivity contribution in [2.45, 2.75) is 13.8 Å². The van der Waals surface area contributed by atoms with Gasteiger partial charge >= 0.3 is 0 Å². The summed E-state index contributed by atoms with van der Waals surface area (Å²) in [4.78, 5) is 24.6. The molecule has 0 bridgehead atoms. The van der Waals surface area contributed by atoms with Crippen molar-refractivity contribution >= 4 is 17.5 Å². The molecule has 2 amide bonds. The summed E-state index contributed by atoms with van der Waals surface area (Å²) in [6.07, 6.45) is 0. The van der Waals surface area contributed by atoms with Crippen LogP contribution in [0.4, 0.5) is 18.9 Å². The van der Waals surface area contributed by atoms with Crippen LogP contribution >= 0.6 is 0 Å². The van der Waals surface area contributed by atoms with Crippen LogP contribution in [0.3, 0.4) is 0 Å². The summed E-state index contributed by atoms with van der Waals surface area (Å²) < 4.78 is 47.0. The normalized spacial score (nSPS) is 10.6. The van der Waals surface area contributed by atoms with Crippen molar-refractivity contribution in [1.82, 2.24) is 9.88 Å². The number of halogens is 3. The van der Waals surface area contributed by atoms with Gasteiger partial charge in [0.2, 0.25) is 5.91 Å². The number of rotatable bonds is 6. The van der Waals surface area contributed by atoms with E-state index in [0.29, 0.717) is 23.1 Å². The molecule has 0 spiro atoms. The highest BCUT2D eigenvalue weighted by molar-refractivity contribution is 6.00. The predicted molar refractivity (Wildman–Crippen MR) is 109 cm³/mol. The maximum Gasteiger partial charge on any atom is 0.253 e. The number of nitrogens with one attached hydrogen (secondary N) is 2. The van der Waals surface area contributed by atoms with Gasteiger partial charge < -0.3 is 19.9 Å². The van der Waals surface area contributed by atoms with E-state index in [-0.39, 0.29) is 0 Å². The number of methoxy groups -OCH3 is 1. The van der Waals surface area contributed by atoms with Crippen LogP contribution in [0.5, 0.6) is 5.75 Å². The summed E-state index contributed by atoms with van der Waals surface area (Å²) in [5.74, 6) is -5.20. The van der Waals surface area contributed by atoms with Crippen LogP contribution in [-0.4, -0.2) is 30.0 Å². The first-order valence-electron chi connectivity index (χ1n) is 9.27. The first kappa shape index (κ1) is 21.9. The Bertz CT molecular complexity index is 1160. The molecule has 0 saturated heterocycles. The molecule has 0 unspecified atom stereocenters. The fourth-order valence-corrected chi connectivity index (χ4v) is 3.21. The number of aromatic nitrogens is 1. The van der Waals surface area contributed by atoms with Crippen LogP contribution in [-0.2, 0) is 4.79 Å². The van der Waals surface area contributed by atoms with Crippen molar-refractivity contribution in [2.75, 3.05) is 19.0 Å². The van der Waals surface area contributed by atoms with E-state index in [1.165, 1.54) is 0 Å². The first-order valence-corrected chi connectivity index (χ1v) is 9.27. The summed E-state index contributed by atoms with van der Waals surface area (Å²) in [5, 5.41) is 4.54. The van der Waals surface area contributed by atoms with E-state index < -0.39 is 41.5 Å². The molecule has 31 heavy (non-hydrogen) atoms. The van der Waals surface area contributed by atoms with Gasteiger partial charge in [-0.3, -0.25) is 9.59 Å². The molecule has 162 valence electrons. The molecule has 0 radical (unpaired) electrons. The number of hydrogen-bond donors (Lipinski definition) is 2. The highest BCUT2D eigenvalue weighted by Crippen LogP contribution is 2.24. The predicted octanol–water partition coefficient (Wildman–Crippen LogP) is 3.89. The molecule has 1 aromatic heterocycles. The second kappa shape index (κ2) is 8.95. The summed E-state index contributed by atoms with van der Waals surface area (Å²) in [5.41, 5.74) is 2.08. The van der Waals surface area contributed by atoms with Gasteiger partial charge in [-0.25, -0.2) is 13.2 Å². The molecule has 0 aliphatic rings. The number of nitrogens with zero attached hydrogens (tertiary/aromatic N) is 1. The van der Waals surface area contributed by atoms with Crippen LogP contribution in [0.25, 0.3) is 5.69 Å². The number of aryl methyl sites for hydroxylation is 1. The van der Waals surface area contributed by atoms with Gasteiger partial charge in [0.1, 0.15) is 5.75 Å². The first-order chi connectivity index (χ1) is 14.7. The van der Waals surface area contributed by atoms with Crippen LogP contribution in [0.2, 0.25) is 0 Å². The van der Waals surface area contributed by atoms with Gasteiger partial charge in [-0.05, 0) is 44.2 Å². The Morgan fingerprint density at radius 2 is 1.77 bits per heavy atom. The highest BCUT2D eigenvalue weighted by Gasteiger charge is 2.19. The van der Waals surface area contributed by atoms with Gasteiger partial charge in [0, 0.05) is 23.1 Å². The maximum atomic E-state index is 13.7. The van der Waals surface area contributed by atoms with E-state index in [1.807, 2.05) is 29.7 Å². The van der Waals surface area contributed by atoms with Gasteiger partial charge in [0.15, 0.2) is 17.5 Å². The Morgan fingerprint density at radius 1 is 1.03 bits per heavy atom. The average molecular weight is 431 g/mol. The third-order valence-electron chi connectivity index (χ3n) is 4.71. The monoisotopic (exact) mass is 431 g/mol.